The van der Waals surface area contributed by atoms with Gasteiger partial charge in [0.1, 0.15) is 0 Å². The number of carbonyl (C=O) groups excluding carboxylic acids is 1. The van der Waals surface area contributed by atoms with Gasteiger partial charge < -0.3 is 15.2 Å². The summed E-state index contributed by atoms with van der Waals surface area (Å²) in [5, 5.41) is 2.90. The standard InChI is InChI=1S/C16H17N3O2/c20-15-11-12(7-8-17-15)16(21)18-13-5-1-2-6-14(13)19-9-3-4-10-19/h1-2,5-8,11H,3-4,9-10H2,(H,17,20)(H,18,21). The summed E-state index contributed by atoms with van der Waals surface area (Å²) in [7, 11) is 0. The Morgan fingerprint density at radius 1 is 1.14 bits per heavy atom. The van der Waals surface area contributed by atoms with Crippen LogP contribution >= 0.6 is 0 Å². The van der Waals surface area contributed by atoms with Crippen molar-refractivity contribution in [3.05, 3.63) is 58.5 Å². The maximum atomic E-state index is 12.3. The van der Waals surface area contributed by atoms with Crippen LogP contribution in [-0.4, -0.2) is 24.0 Å². The van der Waals surface area contributed by atoms with E-state index in [1.807, 2.05) is 24.3 Å². The minimum atomic E-state index is -0.282. The molecule has 2 heterocycles. The molecule has 0 radical (unpaired) electrons. The highest BCUT2D eigenvalue weighted by atomic mass is 16.2. The van der Waals surface area contributed by atoms with Crippen LogP contribution in [0.1, 0.15) is 23.2 Å². The topological polar surface area (TPSA) is 65.2 Å². The van der Waals surface area contributed by atoms with Gasteiger partial charge in [0.25, 0.3) is 5.91 Å². The highest BCUT2D eigenvalue weighted by molar-refractivity contribution is 6.05. The molecule has 0 aliphatic carbocycles. The van der Waals surface area contributed by atoms with Crippen LogP contribution in [0.15, 0.2) is 47.4 Å². The Kier molecular flexibility index (Phi) is 3.73. The monoisotopic (exact) mass is 283 g/mol. The van der Waals surface area contributed by atoms with Crippen molar-refractivity contribution in [3.63, 3.8) is 0 Å². The number of hydrogen-bond donors (Lipinski definition) is 2. The lowest BCUT2D eigenvalue weighted by Crippen LogP contribution is -2.21. The van der Waals surface area contributed by atoms with E-state index in [0.29, 0.717) is 5.56 Å². The van der Waals surface area contributed by atoms with Crippen molar-refractivity contribution in [2.45, 2.75) is 12.8 Å². The van der Waals surface area contributed by atoms with Crippen molar-refractivity contribution in [1.29, 1.82) is 0 Å². The van der Waals surface area contributed by atoms with Crippen molar-refractivity contribution >= 4 is 17.3 Å². The van der Waals surface area contributed by atoms with Gasteiger partial charge in [0.15, 0.2) is 0 Å². The minimum absolute atomic E-state index is 0.271. The number of pyridine rings is 1. The molecule has 3 rings (SSSR count). The van der Waals surface area contributed by atoms with Gasteiger partial charge in [-0.15, -0.1) is 0 Å². The van der Waals surface area contributed by atoms with Crippen molar-refractivity contribution in [2.75, 3.05) is 23.3 Å². The minimum Gasteiger partial charge on any atom is -0.370 e. The predicted molar refractivity (Wildman–Crippen MR) is 82.9 cm³/mol. The maximum absolute atomic E-state index is 12.3. The average molecular weight is 283 g/mol. The zero-order valence-electron chi connectivity index (χ0n) is 11.6. The summed E-state index contributed by atoms with van der Waals surface area (Å²) in [4.78, 5) is 28.3. The van der Waals surface area contributed by atoms with E-state index in [9.17, 15) is 9.59 Å². The first-order chi connectivity index (χ1) is 10.2. The Morgan fingerprint density at radius 2 is 1.90 bits per heavy atom. The lowest BCUT2D eigenvalue weighted by molar-refractivity contribution is 0.102. The third-order valence-electron chi connectivity index (χ3n) is 3.64. The number of para-hydroxylation sites is 2. The van der Waals surface area contributed by atoms with E-state index in [4.69, 9.17) is 0 Å². The summed E-state index contributed by atoms with van der Waals surface area (Å²) < 4.78 is 0. The molecule has 5 nitrogen and oxygen atoms in total. The number of aromatic nitrogens is 1. The van der Waals surface area contributed by atoms with Crippen molar-refractivity contribution in [2.24, 2.45) is 0 Å². The molecule has 1 saturated heterocycles. The summed E-state index contributed by atoms with van der Waals surface area (Å²) in [5.74, 6) is -0.271. The first kappa shape index (κ1) is 13.4. The number of hydrogen-bond acceptors (Lipinski definition) is 3. The fourth-order valence-corrected chi connectivity index (χ4v) is 2.59. The number of carbonyl (C=O) groups is 1. The molecule has 1 fully saturated rings. The van der Waals surface area contributed by atoms with Crippen LogP contribution in [0.2, 0.25) is 0 Å². The number of aromatic amines is 1. The molecule has 0 bridgehead atoms. The Labute approximate surface area is 122 Å². The van der Waals surface area contributed by atoms with Crippen LogP contribution in [0.3, 0.4) is 0 Å². The smallest absolute Gasteiger partial charge is 0.255 e. The van der Waals surface area contributed by atoms with Crippen LogP contribution < -0.4 is 15.8 Å². The Morgan fingerprint density at radius 3 is 2.67 bits per heavy atom. The molecular formula is C16H17N3O2. The average Bonchev–Trinajstić information content (AvgIpc) is 3.02. The van der Waals surface area contributed by atoms with Gasteiger partial charge in [0, 0.05) is 30.9 Å². The molecule has 0 atom stereocenters. The maximum Gasteiger partial charge on any atom is 0.255 e. The van der Waals surface area contributed by atoms with Crippen LogP contribution in [-0.2, 0) is 0 Å². The summed E-state index contributed by atoms with van der Waals surface area (Å²) in [6.45, 7) is 2.02. The summed E-state index contributed by atoms with van der Waals surface area (Å²) >= 11 is 0. The van der Waals surface area contributed by atoms with Crippen LogP contribution in [0, 0.1) is 0 Å². The van der Waals surface area contributed by atoms with E-state index in [-0.39, 0.29) is 11.5 Å². The molecule has 1 aliphatic heterocycles. The lowest BCUT2D eigenvalue weighted by atomic mass is 10.2. The van der Waals surface area contributed by atoms with E-state index < -0.39 is 0 Å². The number of rotatable bonds is 3. The molecule has 0 saturated carbocycles. The summed E-state index contributed by atoms with van der Waals surface area (Å²) in [6.07, 6.45) is 3.83. The molecule has 108 valence electrons. The van der Waals surface area contributed by atoms with E-state index in [0.717, 1.165) is 24.5 Å². The zero-order chi connectivity index (χ0) is 14.7. The number of amides is 1. The fraction of sp³-hybridized carbons (Fsp3) is 0.250. The molecule has 0 spiro atoms. The molecule has 1 amide bonds. The summed E-state index contributed by atoms with van der Waals surface area (Å²) in [6, 6.07) is 10.7. The van der Waals surface area contributed by atoms with Gasteiger partial charge >= 0.3 is 0 Å². The second-order valence-electron chi connectivity index (χ2n) is 5.11. The molecule has 1 aromatic heterocycles. The van der Waals surface area contributed by atoms with Crippen molar-refractivity contribution in [3.8, 4) is 0 Å². The molecule has 0 unspecified atom stereocenters. The lowest BCUT2D eigenvalue weighted by Gasteiger charge is -2.21. The fourth-order valence-electron chi connectivity index (χ4n) is 2.59. The van der Waals surface area contributed by atoms with Gasteiger partial charge in [-0.05, 0) is 31.0 Å². The molecule has 1 aromatic carbocycles. The first-order valence-corrected chi connectivity index (χ1v) is 7.08. The Hall–Kier alpha value is -2.56. The van der Waals surface area contributed by atoms with Gasteiger partial charge in [-0.25, -0.2) is 0 Å². The van der Waals surface area contributed by atoms with Crippen molar-refractivity contribution in [1.82, 2.24) is 4.98 Å². The normalized spacial score (nSPS) is 14.2. The van der Waals surface area contributed by atoms with Gasteiger partial charge in [-0.2, -0.15) is 0 Å². The van der Waals surface area contributed by atoms with E-state index in [1.54, 1.807) is 6.07 Å². The highest BCUT2D eigenvalue weighted by Gasteiger charge is 2.17. The van der Waals surface area contributed by atoms with Crippen molar-refractivity contribution < 1.29 is 4.79 Å². The summed E-state index contributed by atoms with van der Waals surface area (Å²) in [5.41, 5.74) is 1.89. The first-order valence-electron chi connectivity index (χ1n) is 7.08. The van der Waals surface area contributed by atoms with E-state index in [1.165, 1.54) is 25.1 Å². The molecule has 2 aromatic rings. The molecular weight excluding hydrogens is 266 g/mol. The Balaban J connectivity index is 1.84. The number of nitrogens with one attached hydrogen (secondary N) is 2. The highest BCUT2D eigenvalue weighted by Crippen LogP contribution is 2.28. The van der Waals surface area contributed by atoms with Gasteiger partial charge in [0.2, 0.25) is 5.56 Å². The van der Waals surface area contributed by atoms with E-state index >= 15 is 0 Å². The number of benzene rings is 1. The zero-order valence-corrected chi connectivity index (χ0v) is 11.6. The van der Waals surface area contributed by atoms with Crippen LogP contribution in [0.4, 0.5) is 11.4 Å². The SMILES string of the molecule is O=C(Nc1ccccc1N1CCCC1)c1cc[nH]c(=O)c1. The number of anilines is 2. The third kappa shape index (κ3) is 2.97. The molecule has 5 heteroatoms. The van der Waals surface area contributed by atoms with Gasteiger partial charge in [0.05, 0.1) is 11.4 Å². The van der Waals surface area contributed by atoms with Gasteiger partial charge in [-0.3, -0.25) is 9.59 Å². The Bertz CT molecular complexity index is 702. The largest absolute Gasteiger partial charge is 0.370 e. The number of nitrogens with zero attached hydrogens (tertiary/aromatic N) is 1. The predicted octanol–water partition coefficient (Wildman–Crippen LogP) is 2.23. The third-order valence-corrected chi connectivity index (χ3v) is 3.64. The number of H-pyrrole nitrogens is 1. The quantitative estimate of drug-likeness (QED) is 0.908. The molecule has 1 aliphatic rings. The van der Waals surface area contributed by atoms with Crippen LogP contribution in [0.25, 0.3) is 0 Å². The molecule has 21 heavy (non-hydrogen) atoms. The second kappa shape index (κ2) is 5.83. The second-order valence-corrected chi connectivity index (χ2v) is 5.11. The van der Waals surface area contributed by atoms with Gasteiger partial charge in [-0.1, -0.05) is 12.1 Å². The van der Waals surface area contributed by atoms with Crippen LogP contribution in [0.5, 0.6) is 0 Å². The van der Waals surface area contributed by atoms with E-state index in [2.05, 4.69) is 15.2 Å². The molecule has 2 N–H and O–H groups in total.